The molecular weight excluding hydrogens is 268 g/mol. The van der Waals surface area contributed by atoms with Crippen LogP contribution in [0, 0.1) is 0 Å². The fourth-order valence-electron chi connectivity index (χ4n) is 1.89. The third-order valence-corrected chi connectivity index (χ3v) is 3.03. The Bertz CT molecular complexity index is 399. The van der Waals surface area contributed by atoms with Crippen molar-refractivity contribution in [2.24, 2.45) is 0 Å². The first-order valence-electron chi connectivity index (χ1n) is 6.35. The molecule has 2 rings (SSSR count). The molecule has 0 atom stereocenters. The minimum atomic E-state index is 0.285. The number of nitrogens with zero attached hydrogens (tertiary/aromatic N) is 3. The van der Waals surface area contributed by atoms with Crippen molar-refractivity contribution in [3.05, 3.63) is 17.0 Å². The van der Waals surface area contributed by atoms with Crippen LogP contribution in [0.2, 0.25) is 5.28 Å². The Labute approximate surface area is 118 Å². The van der Waals surface area contributed by atoms with E-state index in [2.05, 4.69) is 20.2 Å². The first-order chi connectivity index (χ1) is 9.29. The zero-order chi connectivity index (χ0) is 13.5. The lowest BCUT2D eigenvalue weighted by molar-refractivity contribution is 0.122. The van der Waals surface area contributed by atoms with Crippen LogP contribution >= 0.6 is 11.6 Å². The smallest absolute Gasteiger partial charge is 0.224 e. The summed E-state index contributed by atoms with van der Waals surface area (Å²) in [4.78, 5) is 10.7. The van der Waals surface area contributed by atoms with Gasteiger partial charge in [-0.15, -0.1) is 0 Å². The summed E-state index contributed by atoms with van der Waals surface area (Å²) in [6.07, 6.45) is 0. The molecule has 1 aliphatic heterocycles. The number of hydrogen-bond acceptors (Lipinski definition) is 6. The summed E-state index contributed by atoms with van der Waals surface area (Å²) >= 11 is 5.98. The average molecular weight is 287 g/mol. The quantitative estimate of drug-likeness (QED) is 0.614. The van der Waals surface area contributed by atoms with Gasteiger partial charge in [0, 0.05) is 39.4 Å². The van der Waals surface area contributed by atoms with Gasteiger partial charge in [-0.05, 0) is 11.6 Å². The third kappa shape index (κ3) is 4.58. The van der Waals surface area contributed by atoms with Crippen molar-refractivity contribution in [2.45, 2.75) is 6.54 Å². The van der Waals surface area contributed by atoms with Gasteiger partial charge in [-0.25, -0.2) is 9.97 Å². The van der Waals surface area contributed by atoms with Crippen molar-refractivity contribution in [1.29, 1.82) is 0 Å². The number of morpholine rings is 1. The summed E-state index contributed by atoms with van der Waals surface area (Å²) in [6.45, 7) is 5.24. The van der Waals surface area contributed by atoms with E-state index >= 15 is 0 Å². The Morgan fingerprint density at radius 3 is 2.95 bits per heavy atom. The number of nitrogens with one attached hydrogen (secondary N) is 1. The molecule has 0 bridgehead atoms. The van der Waals surface area contributed by atoms with Crippen LogP contribution < -0.4 is 10.2 Å². The molecule has 1 aromatic rings. The summed E-state index contributed by atoms with van der Waals surface area (Å²) in [6, 6.07) is 1.97. The van der Waals surface area contributed by atoms with E-state index in [9.17, 15) is 0 Å². The normalized spacial score (nSPS) is 15.8. The highest BCUT2D eigenvalue weighted by molar-refractivity contribution is 6.28. The van der Waals surface area contributed by atoms with Crippen molar-refractivity contribution >= 4 is 17.4 Å². The van der Waals surface area contributed by atoms with Crippen LogP contribution in [-0.4, -0.2) is 56.5 Å². The second-order valence-corrected chi connectivity index (χ2v) is 4.59. The third-order valence-electron chi connectivity index (χ3n) is 2.86. The standard InChI is InChI=1S/C12H19ClN4O2/c1-18-5-2-14-9-10-8-11(16-12(13)15-10)17-3-6-19-7-4-17/h8,14H,2-7,9H2,1H3. The van der Waals surface area contributed by atoms with E-state index in [0.717, 1.165) is 44.4 Å². The molecule has 1 aliphatic rings. The number of methoxy groups -OCH3 is 1. The molecule has 106 valence electrons. The summed E-state index contributed by atoms with van der Waals surface area (Å²) in [5, 5.41) is 3.53. The van der Waals surface area contributed by atoms with Crippen molar-refractivity contribution in [3.63, 3.8) is 0 Å². The molecule has 1 aromatic heterocycles. The van der Waals surface area contributed by atoms with Crippen LogP contribution in [0.3, 0.4) is 0 Å². The number of rotatable bonds is 6. The van der Waals surface area contributed by atoms with Gasteiger partial charge in [0.05, 0.1) is 25.5 Å². The average Bonchev–Trinajstić information content (AvgIpc) is 2.44. The molecular formula is C12H19ClN4O2. The zero-order valence-corrected chi connectivity index (χ0v) is 11.8. The van der Waals surface area contributed by atoms with E-state index in [4.69, 9.17) is 21.1 Å². The van der Waals surface area contributed by atoms with Gasteiger partial charge in [0.1, 0.15) is 5.82 Å². The summed E-state index contributed by atoms with van der Waals surface area (Å²) in [5.74, 6) is 0.867. The van der Waals surface area contributed by atoms with E-state index in [1.54, 1.807) is 7.11 Å². The highest BCUT2D eigenvalue weighted by Crippen LogP contribution is 2.16. The summed E-state index contributed by atoms with van der Waals surface area (Å²) in [7, 11) is 1.68. The van der Waals surface area contributed by atoms with Crippen LogP contribution in [0.1, 0.15) is 5.69 Å². The number of halogens is 1. The molecule has 19 heavy (non-hydrogen) atoms. The molecule has 7 heteroatoms. The largest absolute Gasteiger partial charge is 0.383 e. The lowest BCUT2D eigenvalue weighted by Gasteiger charge is -2.28. The van der Waals surface area contributed by atoms with Gasteiger partial charge in [0.15, 0.2) is 0 Å². The lowest BCUT2D eigenvalue weighted by Crippen LogP contribution is -2.37. The van der Waals surface area contributed by atoms with Crippen LogP contribution in [0.5, 0.6) is 0 Å². The van der Waals surface area contributed by atoms with E-state index in [0.29, 0.717) is 13.2 Å². The number of anilines is 1. The SMILES string of the molecule is COCCNCc1cc(N2CCOCC2)nc(Cl)n1. The van der Waals surface area contributed by atoms with Gasteiger partial charge < -0.3 is 19.7 Å². The second kappa shape index (κ2) is 7.59. The molecule has 2 heterocycles. The second-order valence-electron chi connectivity index (χ2n) is 4.26. The Kier molecular flexibility index (Phi) is 5.78. The highest BCUT2D eigenvalue weighted by Gasteiger charge is 2.14. The molecule has 1 saturated heterocycles. The van der Waals surface area contributed by atoms with Crippen molar-refractivity contribution in [1.82, 2.24) is 15.3 Å². The first-order valence-corrected chi connectivity index (χ1v) is 6.73. The summed E-state index contributed by atoms with van der Waals surface area (Å²) in [5.41, 5.74) is 0.887. The molecule has 0 aliphatic carbocycles. The fraction of sp³-hybridized carbons (Fsp3) is 0.667. The maximum Gasteiger partial charge on any atom is 0.224 e. The van der Waals surface area contributed by atoms with E-state index < -0.39 is 0 Å². The monoisotopic (exact) mass is 286 g/mol. The molecule has 0 amide bonds. The van der Waals surface area contributed by atoms with Gasteiger partial charge in [-0.2, -0.15) is 0 Å². The maximum atomic E-state index is 5.98. The van der Waals surface area contributed by atoms with E-state index in [-0.39, 0.29) is 5.28 Å². The van der Waals surface area contributed by atoms with Crippen LogP contribution in [0.4, 0.5) is 5.82 Å². The molecule has 6 nitrogen and oxygen atoms in total. The fourth-order valence-corrected chi connectivity index (χ4v) is 2.08. The minimum Gasteiger partial charge on any atom is -0.383 e. The minimum absolute atomic E-state index is 0.285. The van der Waals surface area contributed by atoms with Crippen LogP contribution in [-0.2, 0) is 16.0 Å². The zero-order valence-electron chi connectivity index (χ0n) is 11.1. The Balaban J connectivity index is 1.97. The van der Waals surface area contributed by atoms with E-state index in [1.807, 2.05) is 6.07 Å². The molecule has 1 fully saturated rings. The van der Waals surface area contributed by atoms with Crippen molar-refractivity contribution in [2.75, 3.05) is 51.5 Å². The first kappa shape index (κ1) is 14.5. The Hall–Kier alpha value is -0.950. The number of aromatic nitrogens is 2. The Morgan fingerprint density at radius 1 is 1.42 bits per heavy atom. The van der Waals surface area contributed by atoms with Gasteiger partial charge in [-0.1, -0.05) is 0 Å². The molecule has 0 unspecified atom stereocenters. The molecule has 1 N–H and O–H groups in total. The van der Waals surface area contributed by atoms with Gasteiger partial charge in [0.25, 0.3) is 0 Å². The predicted molar refractivity (Wildman–Crippen MR) is 73.7 cm³/mol. The predicted octanol–water partition coefficient (Wildman–Crippen LogP) is 0.703. The number of hydrogen-bond donors (Lipinski definition) is 1. The molecule has 0 spiro atoms. The van der Waals surface area contributed by atoms with E-state index in [1.165, 1.54) is 0 Å². The molecule has 0 radical (unpaired) electrons. The van der Waals surface area contributed by atoms with Gasteiger partial charge in [0.2, 0.25) is 5.28 Å². The highest BCUT2D eigenvalue weighted by atomic mass is 35.5. The number of ether oxygens (including phenoxy) is 2. The molecule has 0 saturated carbocycles. The van der Waals surface area contributed by atoms with Crippen molar-refractivity contribution < 1.29 is 9.47 Å². The van der Waals surface area contributed by atoms with Crippen LogP contribution in [0.15, 0.2) is 6.07 Å². The van der Waals surface area contributed by atoms with Crippen molar-refractivity contribution in [3.8, 4) is 0 Å². The van der Waals surface area contributed by atoms with Gasteiger partial charge in [-0.3, -0.25) is 0 Å². The van der Waals surface area contributed by atoms with Crippen LogP contribution in [0.25, 0.3) is 0 Å². The lowest BCUT2D eigenvalue weighted by atomic mass is 10.3. The topological polar surface area (TPSA) is 59.5 Å². The molecule has 0 aromatic carbocycles. The summed E-state index contributed by atoms with van der Waals surface area (Å²) < 4.78 is 10.3. The Morgan fingerprint density at radius 2 is 2.21 bits per heavy atom. The maximum absolute atomic E-state index is 5.98. The van der Waals surface area contributed by atoms with Gasteiger partial charge >= 0.3 is 0 Å².